The Morgan fingerprint density at radius 3 is 2.35 bits per heavy atom. The molecule has 7 nitrogen and oxygen atoms in total. The predicted molar refractivity (Wildman–Crippen MR) is 83.7 cm³/mol. The monoisotopic (exact) mass is 316 g/mol. The fourth-order valence-electron chi connectivity index (χ4n) is 2.13. The average Bonchev–Trinajstić information content (AvgIpc) is 2.56. The van der Waals surface area contributed by atoms with Gasteiger partial charge in [-0.05, 0) is 42.0 Å². The summed E-state index contributed by atoms with van der Waals surface area (Å²) >= 11 is 0. The third-order valence-electron chi connectivity index (χ3n) is 3.37. The van der Waals surface area contributed by atoms with Gasteiger partial charge in [0, 0.05) is 7.05 Å². The van der Waals surface area contributed by atoms with Crippen LogP contribution in [0.25, 0.3) is 11.3 Å². The second-order valence-electron chi connectivity index (χ2n) is 4.73. The number of carbonyl (C=O) groups excluding carboxylic acids is 1. The maximum Gasteiger partial charge on any atom is 0.341 e. The summed E-state index contributed by atoms with van der Waals surface area (Å²) in [6.07, 6.45) is 0. The molecule has 0 bridgehead atoms. The highest BCUT2D eigenvalue weighted by molar-refractivity contribution is 5.88. The van der Waals surface area contributed by atoms with Gasteiger partial charge in [-0.15, -0.1) is 0 Å². The van der Waals surface area contributed by atoms with Crippen LogP contribution >= 0.6 is 0 Å². The summed E-state index contributed by atoms with van der Waals surface area (Å²) in [4.78, 5) is 35.1. The topological polar surface area (TPSA) is 97.6 Å². The van der Waals surface area contributed by atoms with E-state index in [1.54, 1.807) is 24.3 Å². The van der Waals surface area contributed by atoms with E-state index in [4.69, 9.17) is 9.84 Å². The molecule has 23 heavy (non-hydrogen) atoms. The van der Waals surface area contributed by atoms with Crippen LogP contribution in [-0.2, 0) is 11.3 Å². The third-order valence-corrected chi connectivity index (χ3v) is 3.37. The lowest BCUT2D eigenvalue weighted by molar-refractivity contribution is -0.121. The minimum atomic E-state index is -1.33. The van der Waals surface area contributed by atoms with Gasteiger partial charge in [-0.25, -0.2) is 4.79 Å². The van der Waals surface area contributed by atoms with Crippen molar-refractivity contribution in [3.63, 3.8) is 0 Å². The van der Waals surface area contributed by atoms with E-state index >= 15 is 0 Å². The number of amides is 1. The predicted octanol–water partition coefficient (Wildman–Crippen LogP) is 0.968. The third kappa shape index (κ3) is 3.39. The molecule has 7 heteroatoms. The van der Waals surface area contributed by atoms with Crippen LogP contribution in [0, 0.1) is 0 Å². The molecule has 1 amide bonds. The summed E-state index contributed by atoms with van der Waals surface area (Å²) in [5.41, 5.74) is 0.00979. The van der Waals surface area contributed by atoms with E-state index in [9.17, 15) is 14.4 Å². The van der Waals surface area contributed by atoms with Gasteiger partial charge in [0.1, 0.15) is 17.9 Å². The fraction of sp³-hybridized carbons (Fsp3) is 0.188. The van der Waals surface area contributed by atoms with Gasteiger partial charge < -0.3 is 15.2 Å². The molecular weight excluding hydrogens is 300 g/mol. The maximum atomic E-state index is 12.4. The molecule has 0 saturated heterocycles. The molecule has 120 valence electrons. The van der Waals surface area contributed by atoms with E-state index in [2.05, 4.69) is 5.32 Å². The SMILES string of the molecule is CNC(=O)Cn1c(-c2ccc(OC)cc2)ccc(C(=O)O)c1=O. The summed E-state index contributed by atoms with van der Waals surface area (Å²) in [6.45, 7) is -0.266. The largest absolute Gasteiger partial charge is 0.497 e. The summed E-state index contributed by atoms with van der Waals surface area (Å²) in [6, 6.07) is 9.65. The second kappa shape index (κ2) is 6.78. The van der Waals surface area contributed by atoms with Crippen molar-refractivity contribution in [3.8, 4) is 17.0 Å². The minimum Gasteiger partial charge on any atom is -0.497 e. The number of aromatic nitrogens is 1. The first-order chi connectivity index (χ1) is 11.0. The lowest BCUT2D eigenvalue weighted by Gasteiger charge is -2.13. The smallest absolute Gasteiger partial charge is 0.341 e. The molecule has 2 rings (SSSR count). The van der Waals surface area contributed by atoms with Gasteiger partial charge in [-0.3, -0.25) is 14.2 Å². The van der Waals surface area contributed by atoms with Gasteiger partial charge in [0.05, 0.1) is 12.8 Å². The Morgan fingerprint density at radius 2 is 1.83 bits per heavy atom. The summed E-state index contributed by atoms with van der Waals surface area (Å²) in [5.74, 6) is -1.08. The van der Waals surface area contributed by atoms with E-state index in [-0.39, 0.29) is 12.1 Å². The first kappa shape index (κ1) is 16.3. The van der Waals surface area contributed by atoms with Crippen LogP contribution in [0.4, 0.5) is 0 Å². The Morgan fingerprint density at radius 1 is 1.17 bits per heavy atom. The molecule has 0 unspecified atom stereocenters. The Bertz CT molecular complexity index is 793. The molecule has 0 radical (unpaired) electrons. The lowest BCUT2D eigenvalue weighted by atomic mass is 10.1. The molecule has 1 aromatic heterocycles. The number of hydrogen-bond donors (Lipinski definition) is 2. The summed E-state index contributed by atoms with van der Waals surface area (Å²) in [5, 5.41) is 11.5. The number of rotatable bonds is 5. The number of carboxylic acids is 1. The van der Waals surface area contributed by atoms with Crippen molar-refractivity contribution >= 4 is 11.9 Å². The second-order valence-corrected chi connectivity index (χ2v) is 4.73. The van der Waals surface area contributed by atoms with E-state index in [0.717, 1.165) is 4.57 Å². The molecule has 0 aliphatic heterocycles. The standard InChI is InChI=1S/C16H16N2O5/c1-17-14(19)9-18-13(8-7-12(15(18)20)16(21)22)10-3-5-11(23-2)6-4-10/h3-8H,9H2,1-2H3,(H,17,19)(H,21,22). The van der Waals surface area contributed by atoms with Gasteiger partial charge in [0.15, 0.2) is 0 Å². The highest BCUT2D eigenvalue weighted by atomic mass is 16.5. The number of nitrogens with zero attached hydrogens (tertiary/aromatic N) is 1. The first-order valence-corrected chi connectivity index (χ1v) is 6.80. The Hall–Kier alpha value is -3.09. The van der Waals surface area contributed by atoms with Gasteiger partial charge in [-0.2, -0.15) is 0 Å². The number of likely N-dealkylation sites (N-methyl/N-ethyl adjacent to an activating group) is 1. The summed E-state index contributed by atoms with van der Waals surface area (Å²) < 4.78 is 6.22. The van der Waals surface area contributed by atoms with Gasteiger partial charge in [0.2, 0.25) is 5.91 Å². The molecular formula is C16H16N2O5. The van der Waals surface area contributed by atoms with Crippen molar-refractivity contribution in [3.05, 3.63) is 52.3 Å². The van der Waals surface area contributed by atoms with Crippen LogP contribution in [-0.4, -0.2) is 35.7 Å². The van der Waals surface area contributed by atoms with Crippen LogP contribution in [0.15, 0.2) is 41.2 Å². The number of hydrogen-bond acceptors (Lipinski definition) is 4. The Balaban J connectivity index is 2.61. The molecule has 1 aromatic carbocycles. The van der Waals surface area contributed by atoms with Crippen molar-refractivity contribution in [2.24, 2.45) is 0 Å². The molecule has 0 fully saturated rings. The number of ether oxygens (including phenoxy) is 1. The number of aromatic carboxylic acids is 1. The molecule has 2 N–H and O–H groups in total. The lowest BCUT2D eigenvalue weighted by Crippen LogP contribution is -2.33. The number of nitrogens with one attached hydrogen (secondary N) is 1. The van der Waals surface area contributed by atoms with E-state index in [0.29, 0.717) is 17.0 Å². The van der Waals surface area contributed by atoms with Crippen molar-refractivity contribution in [1.29, 1.82) is 0 Å². The van der Waals surface area contributed by atoms with Crippen LogP contribution in [0.3, 0.4) is 0 Å². The van der Waals surface area contributed by atoms with E-state index < -0.39 is 17.4 Å². The highest BCUT2D eigenvalue weighted by Gasteiger charge is 2.16. The Labute approximate surface area is 132 Å². The normalized spacial score (nSPS) is 10.2. The van der Waals surface area contributed by atoms with Crippen LogP contribution in [0.5, 0.6) is 5.75 Å². The minimum absolute atomic E-state index is 0.266. The zero-order valence-electron chi connectivity index (χ0n) is 12.7. The highest BCUT2D eigenvalue weighted by Crippen LogP contribution is 2.21. The van der Waals surface area contributed by atoms with Crippen LogP contribution in [0.2, 0.25) is 0 Å². The summed E-state index contributed by atoms with van der Waals surface area (Å²) in [7, 11) is 2.99. The number of methoxy groups -OCH3 is 1. The number of carbonyl (C=O) groups is 2. The fourth-order valence-corrected chi connectivity index (χ4v) is 2.13. The molecule has 0 aliphatic rings. The molecule has 0 saturated carbocycles. The molecule has 1 heterocycles. The number of benzene rings is 1. The van der Waals surface area contributed by atoms with Crippen molar-refractivity contribution in [2.75, 3.05) is 14.2 Å². The molecule has 0 spiro atoms. The quantitative estimate of drug-likeness (QED) is 0.856. The average molecular weight is 316 g/mol. The first-order valence-electron chi connectivity index (χ1n) is 6.80. The molecule has 0 aliphatic carbocycles. The van der Waals surface area contributed by atoms with E-state index in [1.807, 2.05) is 0 Å². The van der Waals surface area contributed by atoms with Crippen LogP contribution < -0.4 is 15.6 Å². The van der Waals surface area contributed by atoms with Crippen molar-refractivity contribution in [1.82, 2.24) is 9.88 Å². The van der Waals surface area contributed by atoms with E-state index in [1.165, 1.54) is 26.3 Å². The number of carboxylic acid groups (broad SMARTS) is 1. The van der Waals surface area contributed by atoms with Crippen LogP contribution in [0.1, 0.15) is 10.4 Å². The Kier molecular flexibility index (Phi) is 4.80. The zero-order chi connectivity index (χ0) is 17.0. The van der Waals surface area contributed by atoms with Gasteiger partial charge in [-0.1, -0.05) is 0 Å². The number of pyridine rings is 1. The van der Waals surface area contributed by atoms with Crippen molar-refractivity contribution < 1.29 is 19.4 Å². The zero-order valence-corrected chi connectivity index (χ0v) is 12.7. The van der Waals surface area contributed by atoms with Gasteiger partial charge in [0.25, 0.3) is 5.56 Å². The maximum absolute atomic E-state index is 12.4. The molecule has 0 atom stereocenters. The molecule has 2 aromatic rings. The van der Waals surface area contributed by atoms with Gasteiger partial charge >= 0.3 is 5.97 Å². The van der Waals surface area contributed by atoms with Crippen molar-refractivity contribution in [2.45, 2.75) is 6.54 Å².